The van der Waals surface area contributed by atoms with E-state index in [9.17, 15) is 4.79 Å². The molecule has 1 atom stereocenters. The number of likely N-dealkylation sites (tertiary alicyclic amines) is 1. The van der Waals surface area contributed by atoms with Crippen molar-refractivity contribution >= 4 is 5.91 Å². The normalized spacial score (nSPS) is 23.5. The second-order valence-corrected chi connectivity index (χ2v) is 7.60. The van der Waals surface area contributed by atoms with Gasteiger partial charge in [-0.15, -0.1) is 10.2 Å². The van der Waals surface area contributed by atoms with Crippen molar-refractivity contribution in [2.75, 3.05) is 6.54 Å². The molecule has 1 N–H and O–H groups in total. The van der Waals surface area contributed by atoms with Crippen LogP contribution in [0, 0.1) is 6.92 Å². The van der Waals surface area contributed by atoms with E-state index in [0.29, 0.717) is 18.5 Å². The molecule has 26 heavy (non-hydrogen) atoms. The number of hydrogen-bond acceptors (Lipinski definition) is 7. The average molecular weight is 357 g/mol. The lowest BCUT2D eigenvalue weighted by Gasteiger charge is -2.21. The van der Waals surface area contributed by atoms with Crippen LogP contribution in [0.4, 0.5) is 0 Å². The Kier molecular flexibility index (Phi) is 3.77. The van der Waals surface area contributed by atoms with Crippen LogP contribution in [0.2, 0.25) is 0 Å². The molecular weight excluding hydrogens is 334 g/mol. The Hall–Kier alpha value is -2.29. The van der Waals surface area contributed by atoms with E-state index in [2.05, 4.69) is 35.1 Å². The number of aryl methyl sites for hydroxylation is 1. The maximum absolute atomic E-state index is 12.1. The zero-order chi connectivity index (χ0) is 17.7. The van der Waals surface area contributed by atoms with Crippen LogP contribution in [0.1, 0.15) is 78.8 Å². The summed E-state index contributed by atoms with van der Waals surface area (Å²) in [7, 11) is 0. The zero-order valence-corrected chi connectivity index (χ0v) is 14.9. The molecular formula is C17H23N7O2. The molecule has 1 aliphatic heterocycles. The smallest absolute Gasteiger partial charge is 0.292 e. The lowest BCUT2D eigenvalue weighted by Crippen LogP contribution is -2.27. The standard InChI is InChI=1S/C17H23N7O2/c1-10-20-21-14(24(10)12-6-7-12)9-23-8-2-3-13(23)17-19-15(22-26-17)16(25)18-11-4-5-11/h11-13H,2-9H2,1H3,(H,18,25). The van der Waals surface area contributed by atoms with Crippen molar-refractivity contribution in [1.82, 2.24) is 35.1 Å². The molecule has 9 nitrogen and oxygen atoms in total. The summed E-state index contributed by atoms with van der Waals surface area (Å²) in [6, 6.07) is 0.876. The summed E-state index contributed by atoms with van der Waals surface area (Å²) in [5.74, 6) is 2.41. The highest BCUT2D eigenvalue weighted by Gasteiger charge is 2.35. The minimum atomic E-state index is -0.240. The minimum Gasteiger partial charge on any atom is -0.346 e. The Morgan fingerprint density at radius 2 is 2.08 bits per heavy atom. The van der Waals surface area contributed by atoms with Gasteiger partial charge in [-0.25, -0.2) is 0 Å². The summed E-state index contributed by atoms with van der Waals surface area (Å²) in [6.45, 7) is 3.68. The molecule has 3 aliphatic rings. The van der Waals surface area contributed by atoms with Gasteiger partial charge in [0, 0.05) is 12.1 Å². The Labute approximate surface area is 151 Å². The van der Waals surface area contributed by atoms with Gasteiger partial charge in [0.2, 0.25) is 5.89 Å². The van der Waals surface area contributed by atoms with E-state index in [1.165, 1.54) is 12.8 Å². The van der Waals surface area contributed by atoms with Gasteiger partial charge in [-0.05, 0) is 52.0 Å². The topological polar surface area (TPSA) is 102 Å². The van der Waals surface area contributed by atoms with Crippen molar-refractivity contribution in [1.29, 1.82) is 0 Å². The van der Waals surface area contributed by atoms with E-state index in [4.69, 9.17) is 4.52 Å². The first-order chi connectivity index (χ1) is 12.7. The molecule has 3 heterocycles. The van der Waals surface area contributed by atoms with Crippen LogP contribution in [0.3, 0.4) is 0 Å². The van der Waals surface area contributed by atoms with E-state index >= 15 is 0 Å². The van der Waals surface area contributed by atoms with E-state index in [1.54, 1.807) is 0 Å². The molecule has 0 bridgehead atoms. The van der Waals surface area contributed by atoms with Crippen LogP contribution >= 0.6 is 0 Å². The molecule has 2 aromatic heterocycles. The Balaban J connectivity index is 1.31. The van der Waals surface area contributed by atoms with E-state index < -0.39 is 0 Å². The molecule has 3 fully saturated rings. The molecule has 0 radical (unpaired) electrons. The number of aromatic nitrogens is 5. The van der Waals surface area contributed by atoms with Crippen molar-refractivity contribution in [2.24, 2.45) is 0 Å². The predicted molar refractivity (Wildman–Crippen MR) is 90.2 cm³/mol. The van der Waals surface area contributed by atoms with Gasteiger partial charge < -0.3 is 14.4 Å². The molecule has 2 aliphatic carbocycles. The van der Waals surface area contributed by atoms with Gasteiger partial charge in [0.1, 0.15) is 11.6 Å². The molecule has 138 valence electrons. The van der Waals surface area contributed by atoms with Gasteiger partial charge in [0.25, 0.3) is 11.7 Å². The molecule has 2 aromatic rings. The third kappa shape index (κ3) is 3.00. The highest BCUT2D eigenvalue weighted by Crippen LogP contribution is 2.38. The highest BCUT2D eigenvalue weighted by molar-refractivity contribution is 5.90. The third-order valence-electron chi connectivity index (χ3n) is 5.40. The van der Waals surface area contributed by atoms with E-state index in [-0.39, 0.29) is 23.8 Å². The van der Waals surface area contributed by atoms with Crippen molar-refractivity contribution < 1.29 is 9.32 Å². The predicted octanol–water partition coefficient (Wildman–Crippen LogP) is 1.53. The fourth-order valence-electron chi connectivity index (χ4n) is 3.75. The van der Waals surface area contributed by atoms with Crippen molar-refractivity contribution in [2.45, 2.75) is 70.1 Å². The fraction of sp³-hybridized carbons (Fsp3) is 0.706. The summed E-state index contributed by atoms with van der Waals surface area (Å²) in [5, 5.41) is 15.4. The minimum absolute atomic E-state index is 0.0367. The lowest BCUT2D eigenvalue weighted by atomic mass is 10.2. The molecule has 0 aromatic carbocycles. The maximum atomic E-state index is 12.1. The van der Waals surface area contributed by atoms with Crippen molar-refractivity contribution in [3.8, 4) is 0 Å². The van der Waals surface area contributed by atoms with Gasteiger partial charge in [-0.1, -0.05) is 5.16 Å². The second-order valence-electron chi connectivity index (χ2n) is 7.60. The van der Waals surface area contributed by atoms with Gasteiger partial charge in [0.05, 0.1) is 12.6 Å². The Morgan fingerprint density at radius 1 is 1.23 bits per heavy atom. The largest absolute Gasteiger partial charge is 0.346 e. The summed E-state index contributed by atoms with van der Waals surface area (Å²) in [4.78, 5) is 18.8. The number of nitrogens with one attached hydrogen (secondary N) is 1. The fourth-order valence-corrected chi connectivity index (χ4v) is 3.75. The SMILES string of the molecule is Cc1nnc(CN2CCCC2c2nc(C(=O)NC3CC3)no2)n1C1CC1. The first kappa shape index (κ1) is 15.9. The lowest BCUT2D eigenvalue weighted by molar-refractivity contribution is 0.0937. The number of carbonyl (C=O) groups excluding carboxylic acids is 1. The van der Waals surface area contributed by atoms with Gasteiger partial charge >= 0.3 is 0 Å². The summed E-state index contributed by atoms with van der Waals surface area (Å²) >= 11 is 0. The first-order valence-corrected chi connectivity index (χ1v) is 9.48. The van der Waals surface area contributed by atoms with Gasteiger partial charge in [-0.2, -0.15) is 4.98 Å². The summed E-state index contributed by atoms with van der Waals surface area (Å²) < 4.78 is 7.69. The first-order valence-electron chi connectivity index (χ1n) is 9.48. The quantitative estimate of drug-likeness (QED) is 0.836. The van der Waals surface area contributed by atoms with Crippen LogP contribution in [-0.2, 0) is 6.54 Å². The van der Waals surface area contributed by atoms with Crippen molar-refractivity contribution in [3.05, 3.63) is 23.4 Å². The van der Waals surface area contributed by atoms with Crippen molar-refractivity contribution in [3.63, 3.8) is 0 Å². The monoisotopic (exact) mass is 357 g/mol. The van der Waals surface area contributed by atoms with Gasteiger partial charge in [-0.3, -0.25) is 9.69 Å². The number of hydrogen-bond donors (Lipinski definition) is 1. The Morgan fingerprint density at radius 3 is 2.85 bits per heavy atom. The second kappa shape index (κ2) is 6.15. The molecule has 5 rings (SSSR count). The van der Waals surface area contributed by atoms with E-state index in [1.807, 2.05) is 6.92 Å². The average Bonchev–Trinajstić information content (AvgIpc) is 3.49. The molecule has 0 spiro atoms. The van der Waals surface area contributed by atoms with E-state index in [0.717, 1.165) is 43.9 Å². The summed E-state index contributed by atoms with van der Waals surface area (Å²) in [5.41, 5.74) is 0. The molecule has 9 heteroatoms. The molecule has 1 saturated heterocycles. The molecule has 2 saturated carbocycles. The van der Waals surface area contributed by atoms with Crippen LogP contribution in [-0.4, -0.2) is 48.3 Å². The Bertz CT molecular complexity index is 821. The molecule has 1 amide bonds. The van der Waals surface area contributed by atoms with Crippen LogP contribution in [0.15, 0.2) is 4.52 Å². The van der Waals surface area contributed by atoms with Crippen LogP contribution in [0.25, 0.3) is 0 Å². The van der Waals surface area contributed by atoms with Crippen LogP contribution in [0.5, 0.6) is 0 Å². The highest BCUT2D eigenvalue weighted by atomic mass is 16.5. The number of carbonyl (C=O) groups is 1. The number of amides is 1. The zero-order valence-electron chi connectivity index (χ0n) is 14.9. The number of rotatable bonds is 6. The van der Waals surface area contributed by atoms with Gasteiger partial charge in [0.15, 0.2) is 0 Å². The maximum Gasteiger partial charge on any atom is 0.292 e. The third-order valence-corrected chi connectivity index (χ3v) is 5.40. The van der Waals surface area contributed by atoms with Crippen LogP contribution < -0.4 is 5.32 Å². The number of nitrogens with zero attached hydrogens (tertiary/aromatic N) is 6. The molecule has 1 unspecified atom stereocenters. The summed E-state index contributed by atoms with van der Waals surface area (Å²) in [6.07, 6.45) is 6.49.